The van der Waals surface area contributed by atoms with Gasteiger partial charge in [-0.3, -0.25) is 4.79 Å². The third-order valence-electron chi connectivity index (χ3n) is 5.71. The number of methoxy groups -OCH3 is 2. The van der Waals surface area contributed by atoms with Gasteiger partial charge in [-0.15, -0.1) is 0 Å². The van der Waals surface area contributed by atoms with Crippen LogP contribution in [0.4, 0.5) is 0 Å². The van der Waals surface area contributed by atoms with Crippen molar-refractivity contribution < 1.29 is 28.9 Å². The predicted molar refractivity (Wildman–Crippen MR) is 131 cm³/mol. The quantitative estimate of drug-likeness (QED) is 0.351. The number of carbonyl (C=O) groups excluding carboxylic acids is 1. The van der Waals surface area contributed by atoms with Crippen molar-refractivity contribution in [2.75, 3.05) is 20.8 Å². The Morgan fingerprint density at radius 2 is 1.54 bits per heavy atom. The van der Waals surface area contributed by atoms with E-state index in [0.29, 0.717) is 12.3 Å². The molecular formula is C27H26N2O6. The number of carbonyl (C=O) groups is 2. The van der Waals surface area contributed by atoms with Crippen molar-refractivity contribution in [1.29, 1.82) is 0 Å². The van der Waals surface area contributed by atoms with E-state index in [1.165, 1.54) is 13.2 Å². The van der Waals surface area contributed by atoms with Crippen molar-refractivity contribution >= 4 is 22.8 Å². The molecule has 0 saturated carbocycles. The smallest absolute Gasteiger partial charge is 0.339 e. The molecule has 4 rings (SSSR count). The molecule has 0 aliphatic rings. The zero-order valence-corrected chi connectivity index (χ0v) is 19.5. The summed E-state index contributed by atoms with van der Waals surface area (Å²) in [7, 11) is 3.00. The molecule has 4 aromatic rings. The number of rotatable bonds is 10. The van der Waals surface area contributed by atoms with Gasteiger partial charge in [0.1, 0.15) is 11.3 Å². The van der Waals surface area contributed by atoms with Gasteiger partial charge in [0.05, 0.1) is 14.2 Å². The highest BCUT2D eigenvalue weighted by molar-refractivity contribution is 5.92. The van der Waals surface area contributed by atoms with E-state index in [4.69, 9.17) is 14.2 Å². The highest BCUT2D eigenvalue weighted by Gasteiger charge is 2.22. The minimum absolute atomic E-state index is 0.0141. The SMILES string of the molecule is COc1ccccc1CN(Cc1c[nH]c2ccccc12)C(=O)COc1c(OC)cccc1C(=O)O. The van der Waals surface area contributed by atoms with E-state index >= 15 is 0 Å². The van der Waals surface area contributed by atoms with Crippen LogP contribution < -0.4 is 14.2 Å². The molecule has 0 aliphatic carbocycles. The molecule has 3 aromatic carbocycles. The van der Waals surface area contributed by atoms with Crippen LogP contribution in [0, 0.1) is 0 Å². The number of ether oxygens (including phenoxy) is 3. The molecule has 0 saturated heterocycles. The van der Waals surface area contributed by atoms with Crippen LogP contribution in [0.2, 0.25) is 0 Å². The summed E-state index contributed by atoms with van der Waals surface area (Å²) in [6, 6.07) is 19.9. The average molecular weight is 475 g/mol. The number of amides is 1. The summed E-state index contributed by atoms with van der Waals surface area (Å²) in [5, 5.41) is 10.6. The maximum Gasteiger partial charge on any atom is 0.339 e. The van der Waals surface area contributed by atoms with Gasteiger partial charge < -0.3 is 29.2 Å². The molecule has 180 valence electrons. The summed E-state index contributed by atoms with van der Waals surface area (Å²) in [6.07, 6.45) is 1.89. The van der Waals surface area contributed by atoms with E-state index < -0.39 is 5.97 Å². The second kappa shape index (κ2) is 10.6. The maximum atomic E-state index is 13.4. The van der Waals surface area contributed by atoms with E-state index in [2.05, 4.69) is 4.98 Å². The van der Waals surface area contributed by atoms with Crippen LogP contribution in [0.1, 0.15) is 21.5 Å². The third-order valence-corrected chi connectivity index (χ3v) is 5.71. The van der Waals surface area contributed by atoms with Gasteiger partial charge >= 0.3 is 5.97 Å². The molecule has 0 bridgehead atoms. The van der Waals surface area contributed by atoms with Gasteiger partial charge in [0.15, 0.2) is 18.1 Å². The number of carboxylic acid groups (broad SMARTS) is 1. The zero-order chi connectivity index (χ0) is 24.8. The Bertz CT molecular complexity index is 1350. The molecule has 0 unspecified atom stereocenters. The molecule has 2 N–H and O–H groups in total. The Labute approximate surface area is 202 Å². The molecule has 0 atom stereocenters. The van der Waals surface area contributed by atoms with Crippen molar-refractivity contribution in [1.82, 2.24) is 9.88 Å². The van der Waals surface area contributed by atoms with Crippen LogP contribution in [0.5, 0.6) is 17.2 Å². The highest BCUT2D eigenvalue weighted by Crippen LogP contribution is 2.31. The molecule has 0 aliphatic heterocycles. The lowest BCUT2D eigenvalue weighted by molar-refractivity contribution is -0.134. The number of aromatic amines is 1. The predicted octanol–water partition coefficient (Wildman–Crippen LogP) is 4.49. The van der Waals surface area contributed by atoms with Crippen LogP contribution in [-0.2, 0) is 17.9 Å². The number of carboxylic acids is 1. The summed E-state index contributed by atoms with van der Waals surface area (Å²) in [5.74, 6) is -0.562. The van der Waals surface area contributed by atoms with Gasteiger partial charge in [-0.05, 0) is 29.8 Å². The van der Waals surface area contributed by atoms with Crippen LogP contribution in [0.15, 0.2) is 72.9 Å². The Morgan fingerprint density at radius 1 is 0.857 bits per heavy atom. The maximum absolute atomic E-state index is 13.4. The normalized spacial score (nSPS) is 10.7. The van der Waals surface area contributed by atoms with Crippen molar-refractivity contribution in [3.63, 3.8) is 0 Å². The van der Waals surface area contributed by atoms with Crippen molar-refractivity contribution in [2.24, 2.45) is 0 Å². The highest BCUT2D eigenvalue weighted by atomic mass is 16.5. The molecule has 8 heteroatoms. The number of para-hydroxylation sites is 3. The summed E-state index contributed by atoms with van der Waals surface area (Å²) < 4.78 is 16.5. The Morgan fingerprint density at radius 3 is 2.31 bits per heavy atom. The Hall–Kier alpha value is -4.46. The molecule has 0 spiro atoms. The summed E-state index contributed by atoms with van der Waals surface area (Å²) in [6.45, 7) is 0.240. The summed E-state index contributed by atoms with van der Waals surface area (Å²) in [5.41, 5.74) is 2.69. The fourth-order valence-corrected chi connectivity index (χ4v) is 3.96. The average Bonchev–Trinajstić information content (AvgIpc) is 3.29. The number of H-pyrrole nitrogens is 1. The molecule has 1 heterocycles. The van der Waals surface area contributed by atoms with Gasteiger partial charge in [-0.1, -0.05) is 42.5 Å². The second-order valence-electron chi connectivity index (χ2n) is 7.85. The van der Waals surface area contributed by atoms with Crippen LogP contribution >= 0.6 is 0 Å². The zero-order valence-electron chi connectivity index (χ0n) is 19.5. The van der Waals surface area contributed by atoms with Crippen LogP contribution in [0.3, 0.4) is 0 Å². The molecule has 35 heavy (non-hydrogen) atoms. The Balaban J connectivity index is 1.62. The number of benzene rings is 3. The van der Waals surface area contributed by atoms with Crippen molar-refractivity contribution in [3.05, 3.63) is 89.6 Å². The number of nitrogens with zero attached hydrogens (tertiary/aromatic N) is 1. The largest absolute Gasteiger partial charge is 0.496 e. The number of hydrogen-bond donors (Lipinski definition) is 2. The first kappa shape index (κ1) is 23.7. The van der Waals surface area contributed by atoms with Crippen LogP contribution in [0.25, 0.3) is 10.9 Å². The lowest BCUT2D eigenvalue weighted by atomic mass is 10.1. The van der Waals surface area contributed by atoms with Crippen molar-refractivity contribution in [3.8, 4) is 17.2 Å². The van der Waals surface area contributed by atoms with Gasteiger partial charge in [-0.2, -0.15) is 0 Å². The number of aromatic nitrogens is 1. The number of aromatic carboxylic acids is 1. The number of nitrogens with one attached hydrogen (secondary N) is 1. The lowest BCUT2D eigenvalue weighted by Crippen LogP contribution is -2.34. The second-order valence-corrected chi connectivity index (χ2v) is 7.85. The first-order valence-electron chi connectivity index (χ1n) is 11.0. The van der Waals surface area contributed by atoms with Crippen molar-refractivity contribution in [2.45, 2.75) is 13.1 Å². The molecular weight excluding hydrogens is 448 g/mol. The first-order valence-corrected chi connectivity index (χ1v) is 11.0. The van der Waals surface area contributed by atoms with Gasteiger partial charge in [0.25, 0.3) is 5.91 Å². The molecule has 1 amide bonds. The molecule has 1 aromatic heterocycles. The molecule has 0 radical (unpaired) electrons. The first-order chi connectivity index (χ1) is 17.0. The lowest BCUT2D eigenvalue weighted by Gasteiger charge is -2.24. The minimum Gasteiger partial charge on any atom is -0.496 e. The standard InChI is InChI=1S/C27H26N2O6/c1-33-23-12-6-3-8-18(23)15-29(16-19-14-28-22-11-5-4-9-20(19)22)25(30)17-35-26-21(27(31)32)10-7-13-24(26)34-2/h3-14,28H,15-17H2,1-2H3,(H,31,32). The van der Waals surface area contributed by atoms with Gasteiger partial charge in [0.2, 0.25) is 0 Å². The Kier molecular flexibility index (Phi) is 7.21. The van der Waals surface area contributed by atoms with Gasteiger partial charge in [0, 0.05) is 35.8 Å². The van der Waals surface area contributed by atoms with Crippen LogP contribution in [-0.4, -0.2) is 47.7 Å². The number of hydrogen-bond acceptors (Lipinski definition) is 5. The third kappa shape index (κ3) is 5.22. The van der Waals surface area contributed by atoms with E-state index in [0.717, 1.165) is 22.0 Å². The van der Waals surface area contributed by atoms with E-state index in [-0.39, 0.29) is 36.1 Å². The van der Waals surface area contributed by atoms with E-state index in [1.807, 2.05) is 54.7 Å². The molecule has 0 fully saturated rings. The van der Waals surface area contributed by atoms with Gasteiger partial charge in [-0.25, -0.2) is 4.79 Å². The fraction of sp³-hybridized carbons (Fsp3) is 0.185. The number of fused-ring (bicyclic) bond motifs is 1. The summed E-state index contributed by atoms with van der Waals surface area (Å²) >= 11 is 0. The fourth-order valence-electron chi connectivity index (χ4n) is 3.96. The minimum atomic E-state index is -1.17. The topological polar surface area (TPSA) is 101 Å². The van der Waals surface area contributed by atoms with E-state index in [9.17, 15) is 14.7 Å². The summed E-state index contributed by atoms with van der Waals surface area (Å²) in [4.78, 5) is 30.0. The monoisotopic (exact) mass is 474 g/mol. The van der Waals surface area contributed by atoms with E-state index in [1.54, 1.807) is 24.1 Å². The molecule has 8 nitrogen and oxygen atoms in total.